The van der Waals surface area contributed by atoms with Gasteiger partial charge in [-0.2, -0.15) is 4.31 Å². The number of hydrogen-bond acceptors (Lipinski definition) is 7. The molecule has 2 aromatic carbocycles. The van der Waals surface area contributed by atoms with E-state index < -0.39 is 15.9 Å². The van der Waals surface area contributed by atoms with Crippen LogP contribution in [-0.4, -0.2) is 64.4 Å². The van der Waals surface area contributed by atoms with Crippen LogP contribution in [-0.2, 0) is 19.6 Å². The number of nitrogens with zero attached hydrogens (tertiary/aromatic N) is 1. The molecule has 31 heavy (non-hydrogen) atoms. The summed E-state index contributed by atoms with van der Waals surface area (Å²) in [6.45, 7) is 2.32. The monoisotopic (exact) mass is 448 g/mol. The summed E-state index contributed by atoms with van der Waals surface area (Å²) in [6, 6.07) is 10.8. The number of amides is 1. The molecule has 0 saturated carbocycles. The molecule has 0 aromatic heterocycles. The van der Waals surface area contributed by atoms with Gasteiger partial charge in [0.05, 0.1) is 20.3 Å². The third-order valence-corrected chi connectivity index (χ3v) is 6.59. The Balaban J connectivity index is 1.69. The molecule has 10 heteroatoms. The highest BCUT2D eigenvalue weighted by molar-refractivity contribution is 7.89. The number of carbonyl (C=O) groups is 2. The molecule has 0 unspecified atom stereocenters. The molecule has 1 heterocycles. The Bertz CT molecular complexity index is 1050. The van der Waals surface area contributed by atoms with Crippen LogP contribution in [0.2, 0.25) is 0 Å². The Hall–Kier alpha value is -2.95. The van der Waals surface area contributed by atoms with Gasteiger partial charge in [0, 0.05) is 24.3 Å². The molecule has 0 atom stereocenters. The number of ether oxygens (including phenoxy) is 3. The number of carbonyl (C=O) groups excluding carboxylic acids is 2. The van der Waals surface area contributed by atoms with Crippen LogP contribution >= 0.6 is 0 Å². The second-order valence-corrected chi connectivity index (χ2v) is 8.71. The molecule has 1 amide bonds. The minimum atomic E-state index is -3.81. The first kappa shape index (κ1) is 22.7. The lowest BCUT2D eigenvalue weighted by Gasteiger charge is -2.26. The third kappa shape index (κ3) is 5.60. The summed E-state index contributed by atoms with van der Waals surface area (Å²) in [5.41, 5.74) is 0.845. The van der Waals surface area contributed by atoms with E-state index in [1.54, 1.807) is 30.3 Å². The maximum atomic E-state index is 13.0. The predicted molar refractivity (Wildman–Crippen MR) is 113 cm³/mol. The second-order valence-electron chi connectivity index (χ2n) is 6.80. The average molecular weight is 448 g/mol. The highest BCUT2D eigenvalue weighted by Crippen LogP contribution is 2.30. The van der Waals surface area contributed by atoms with E-state index in [0.29, 0.717) is 30.2 Å². The first-order valence-electron chi connectivity index (χ1n) is 9.61. The third-order valence-electron chi connectivity index (χ3n) is 4.67. The fourth-order valence-electron chi connectivity index (χ4n) is 3.01. The highest BCUT2D eigenvalue weighted by atomic mass is 32.2. The van der Waals surface area contributed by atoms with Crippen molar-refractivity contribution in [3.05, 3.63) is 48.0 Å². The predicted octanol–water partition coefficient (Wildman–Crippen LogP) is 1.94. The van der Waals surface area contributed by atoms with Gasteiger partial charge in [-0.25, -0.2) is 8.42 Å². The van der Waals surface area contributed by atoms with E-state index in [9.17, 15) is 18.0 Å². The number of hydrogen-bond donors (Lipinski definition) is 1. The summed E-state index contributed by atoms with van der Waals surface area (Å²) < 4.78 is 43.2. The number of ketones is 1. The lowest BCUT2D eigenvalue weighted by molar-refractivity contribution is -0.118. The molecule has 3 rings (SSSR count). The maximum Gasteiger partial charge on any atom is 0.262 e. The molecular formula is C21H24N2O7S. The first-order chi connectivity index (χ1) is 14.8. The Morgan fingerprint density at radius 3 is 2.39 bits per heavy atom. The Labute approximate surface area is 181 Å². The van der Waals surface area contributed by atoms with Gasteiger partial charge in [0.2, 0.25) is 10.0 Å². The molecule has 0 radical (unpaired) electrons. The summed E-state index contributed by atoms with van der Waals surface area (Å²) in [4.78, 5) is 23.6. The van der Waals surface area contributed by atoms with E-state index in [1.165, 1.54) is 30.5 Å². The van der Waals surface area contributed by atoms with Crippen molar-refractivity contribution in [2.45, 2.75) is 11.8 Å². The van der Waals surface area contributed by atoms with Crippen LogP contribution < -0.4 is 14.8 Å². The van der Waals surface area contributed by atoms with Crippen LogP contribution in [0.5, 0.6) is 11.5 Å². The topological polar surface area (TPSA) is 111 Å². The number of benzene rings is 2. The van der Waals surface area contributed by atoms with E-state index in [0.717, 1.165) is 0 Å². The lowest BCUT2D eigenvalue weighted by Crippen LogP contribution is -2.40. The van der Waals surface area contributed by atoms with Crippen molar-refractivity contribution in [3.63, 3.8) is 0 Å². The number of morpholine rings is 1. The van der Waals surface area contributed by atoms with Crippen molar-refractivity contribution >= 4 is 27.4 Å². The van der Waals surface area contributed by atoms with Gasteiger partial charge in [0.1, 0.15) is 16.4 Å². The minimum absolute atomic E-state index is 0.0320. The van der Waals surface area contributed by atoms with Crippen LogP contribution in [0.3, 0.4) is 0 Å². The van der Waals surface area contributed by atoms with Gasteiger partial charge in [0.15, 0.2) is 12.4 Å². The fourth-order valence-corrected chi connectivity index (χ4v) is 4.60. The van der Waals surface area contributed by atoms with Crippen molar-refractivity contribution in [3.8, 4) is 11.5 Å². The molecule has 1 N–H and O–H groups in total. The van der Waals surface area contributed by atoms with Gasteiger partial charge in [0.25, 0.3) is 5.91 Å². The smallest absolute Gasteiger partial charge is 0.262 e. The van der Waals surface area contributed by atoms with Crippen molar-refractivity contribution in [1.29, 1.82) is 0 Å². The lowest BCUT2D eigenvalue weighted by atomic mass is 10.1. The molecule has 1 fully saturated rings. The molecule has 166 valence electrons. The van der Waals surface area contributed by atoms with E-state index in [-0.39, 0.29) is 36.1 Å². The first-order valence-corrected chi connectivity index (χ1v) is 11.0. The molecule has 0 aliphatic carbocycles. The number of anilines is 1. The van der Waals surface area contributed by atoms with Crippen molar-refractivity contribution in [2.24, 2.45) is 0 Å². The average Bonchev–Trinajstić information content (AvgIpc) is 2.78. The largest absolute Gasteiger partial charge is 0.495 e. The zero-order valence-electron chi connectivity index (χ0n) is 17.3. The van der Waals surface area contributed by atoms with Gasteiger partial charge in [-0.1, -0.05) is 0 Å². The zero-order valence-corrected chi connectivity index (χ0v) is 18.1. The summed E-state index contributed by atoms with van der Waals surface area (Å²) in [7, 11) is -2.43. The molecule has 1 aliphatic rings. The van der Waals surface area contributed by atoms with Crippen LogP contribution in [0.1, 0.15) is 17.3 Å². The van der Waals surface area contributed by atoms with Gasteiger partial charge >= 0.3 is 0 Å². The van der Waals surface area contributed by atoms with Crippen LogP contribution in [0, 0.1) is 0 Å². The van der Waals surface area contributed by atoms with Crippen molar-refractivity contribution in [2.75, 3.05) is 45.3 Å². The number of methoxy groups -OCH3 is 1. The molecule has 1 saturated heterocycles. The van der Waals surface area contributed by atoms with E-state index in [2.05, 4.69) is 5.32 Å². The number of Topliss-reactive ketones (excluding diaryl/α,β-unsaturated/α-hetero) is 1. The molecule has 2 aromatic rings. The second kappa shape index (κ2) is 9.90. The molecule has 0 bridgehead atoms. The standard InChI is InChI=1S/C21H24N2O7S/c1-15(24)16-3-6-18(7-4-16)30-14-21(25)22-17-5-8-19(28-2)20(13-17)31(26,27)23-9-11-29-12-10-23/h3-8,13H,9-12,14H2,1-2H3,(H,22,25). The SMILES string of the molecule is COc1ccc(NC(=O)COc2ccc(C(C)=O)cc2)cc1S(=O)(=O)N1CCOCC1. The summed E-state index contributed by atoms with van der Waals surface area (Å²) in [5.74, 6) is 0.0962. The summed E-state index contributed by atoms with van der Waals surface area (Å²) >= 11 is 0. The van der Waals surface area contributed by atoms with Crippen LogP contribution in [0.25, 0.3) is 0 Å². The highest BCUT2D eigenvalue weighted by Gasteiger charge is 2.29. The summed E-state index contributed by atoms with van der Waals surface area (Å²) in [6.07, 6.45) is 0. The molecule has 0 spiro atoms. The van der Waals surface area contributed by atoms with Crippen LogP contribution in [0.15, 0.2) is 47.4 Å². The van der Waals surface area contributed by atoms with E-state index >= 15 is 0 Å². The van der Waals surface area contributed by atoms with Gasteiger partial charge in [-0.3, -0.25) is 9.59 Å². The Morgan fingerprint density at radius 2 is 1.77 bits per heavy atom. The maximum absolute atomic E-state index is 13.0. The normalized spacial score (nSPS) is 14.6. The van der Waals surface area contributed by atoms with Gasteiger partial charge < -0.3 is 19.5 Å². The molecular weight excluding hydrogens is 424 g/mol. The van der Waals surface area contributed by atoms with Gasteiger partial charge in [-0.05, 0) is 49.4 Å². The van der Waals surface area contributed by atoms with E-state index in [4.69, 9.17) is 14.2 Å². The minimum Gasteiger partial charge on any atom is -0.495 e. The Morgan fingerprint density at radius 1 is 1.10 bits per heavy atom. The zero-order chi connectivity index (χ0) is 22.4. The quantitative estimate of drug-likeness (QED) is 0.614. The van der Waals surface area contributed by atoms with Gasteiger partial charge in [-0.15, -0.1) is 0 Å². The van der Waals surface area contributed by atoms with Crippen LogP contribution in [0.4, 0.5) is 5.69 Å². The number of rotatable bonds is 8. The number of sulfonamides is 1. The van der Waals surface area contributed by atoms with E-state index in [1.807, 2.05) is 0 Å². The number of nitrogens with one attached hydrogen (secondary N) is 1. The summed E-state index contributed by atoms with van der Waals surface area (Å²) in [5, 5.41) is 2.63. The van der Waals surface area contributed by atoms with Crippen molar-refractivity contribution < 1.29 is 32.2 Å². The fraction of sp³-hybridized carbons (Fsp3) is 0.333. The molecule has 1 aliphatic heterocycles. The van der Waals surface area contributed by atoms with Crippen molar-refractivity contribution in [1.82, 2.24) is 4.31 Å². The Kier molecular flexibility index (Phi) is 7.26. The molecule has 9 nitrogen and oxygen atoms in total.